The Morgan fingerprint density at radius 2 is 1.75 bits per heavy atom. The highest BCUT2D eigenvalue weighted by Gasteiger charge is 2.27. The second-order valence-electron chi connectivity index (χ2n) is 6.80. The van der Waals surface area contributed by atoms with Gasteiger partial charge in [-0.15, -0.1) is 0 Å². The van der Waals surface area contributed by atoms with Gasteiger partial charge in [0.05, 0.1) is 0 Å². The number of amides is 2. The summed E-state index contributed by atoms with van der Waals surface area (Å²) >= 11 is 11.8. The Hall–Kier alpha value is -2.24. The molecule has 1 aliphatic rings. The van der Waals surface area contributed by atoms with E-state index in [0.29, 0.717) is 47.3 Å². The number of hydrogen-bond donors (Lipinski definition) is 1. The molecule has 1 saturated heterocycles. The van der Waals surface area contributed by atoms with Gasteiger partial charge in [0.25, 0.3) is 11.8 Å². The zero-order chi connectivity index (χ0) is 20.1. The quantitative estimate of drug-likeness (QED) is 0.788. The maximum atomic E-state index is 12.6. The van der Waals surface area contributed by atoms with E-state index in [1.807, 2.05) is 0 Å². The molecule has 28 heavy (non-hydrogen) atoms. The summed E-state index contributed by atoms with van der Waals surface area (Å²) in [7, 11) is 0. The Bertz CT molecular complexity index is 834. The number of nitrogens with zero attached hydrogens (tertiary/aromatic N) is 1. The zero-order valence-corrected chi connectivity index (χ0v) is 17.0. The molecular formula is C21H22Cl2N2O3. The average molecular weight is 421 g/mol. The first-order chi connectivity index (χ1) is 13.4. The molecular weight excluding hydrogens is 399 g/mol. The smallest absolute Gasteiger partial charge is 0.263 e. The van der Waals surface area contributed by atoms with E-state index in [4.69, 9.17) is 27.9 Å². The van der Waals surface area contributed by atoms with Gasteiger partial charge < -0.3 is 15.0 Å². The Morgan fingerprint density at radius 1 is 1.07 bits per heavy atom. The molecule has 1 heterocycles. The minimum absolute atomic E-state index is 0.0306. The van der Waals surface area contributed by atoms with Crippen molar-refractivity contribution in [3.05, 3.63) is 64.1 Å². The van der Waals surface area contributed by atoms with E-state index in [1.54, 1.807) is 60.4 Å². The van der Waals surface area contributed by atoms with Crippen molar-refractivity contribution in [3.63, 3.8) is 0 Å². The Labute approximate surface area is 174 Å². The van der Waals surface area contributed by atoms with Gasteiger partial charge >= 0.3 is 0 Å². The van der Waals surface area contributed by atoms with E-state index in [9.17, 15) is 9.59 Å². The van der Waals surface area contributed by atoms with E-state index >= 15 is 0 Å². The summed E-state index contributed by atoms with van der Waals surface area (Å²) in [5.41, 5.74) is 0.538. The molecule has 0 radical (unpaired) electrons. The van der Waals surface area contributed by atoms with Crippen LogP contribution in [0.3, 0.4) is 0 Å². The number of ether oxygens (including phenoxy) is 1. The molecule has 0 bridgehead atoms. The van der Waals surface area contributed by atoms with Crippen LogP contribution in [0.1, 0.15) is 30.1 Å². The largest absolute Gasteiger partial charge is 0.481 e. The van der Waals surface area contributed by atoms with Gasteiger partial charge in [0.1, 0.15) is 5.75 Å². The van der Waals surface area contributed by atoms with Crippen LogP contribution in [0.25, 0.3) is 0 Å². The summed E-state index contributed by atoms with van der Waals surface area (Å²) in [5, 5.41) is 4.17. The maximum absolute atomic E-state index is 12.6. The van der Waals surface area contributed by atoms with Crippen LogP contribution in [0.2, 0.25) is 10.0 Å². The van der Waals surface area contributed by atoms with Gasteiger partial charge in [-0.25, -0.2) is 0 Å². The van der Waals surface area contributed by atoms with Crippen LogP contribution < -0.4 is 10.1 Å². The molecule has 1 unspecified atom stereocenters. The lowest BCUT2D eigenvalue weighted by Gasteiger charge is -2.33. The van der Waals surface area contributed by atoms with Gasteiger partial charge in [-0.05, 0) is 62.2 Å². The number of halogens is 2. The van der Waals surface area contributed by atoms with Crippen molar-refractivity contribution in [3.8, 4) is 5.75 Å². The van der Waals surface area contributed by atoms with Crippen molar-refractivity contribution < 1.29 is 14.3 Å². The first-order valence-corrected chi connectivity index (χ1v) is 9.95. The summed E-state index contributed by atoms with van der Waals surface area (Å²) in [5.74, 6) is 0.398. The number of nitrogens with one attached hydrogen (secondary N) is 1. The van der Waals surface area contributed by atoms with Crippen molar-refractivity contribution in [2.24, 2.45) is 0 Å². The summed E-state index contributed by atoms with van der Waals surface area (Å²) in [6.07, 6.45) is 0.816. The number of carbonyl (C=O) groups is 2. The number of benzene rings is 2. The number of rotatable bonds is 5. The van der Waals surface area contributed by atoms with Gasteiger partial charge in [-0.2, -0.15) is 0 Å². The lowest BCUT2D eigenvalue weighted by Crippen LogP contribution is -2.49. The molecule has 0 spiro atoms. The van der Waals surface area contributed by atoms with Crippen molar-refractivity contribution in [2.75, 3.05) is 13.1 Å². The fourth-order valence-corrected chi connectivity index (χ4v) is 3.48. The summed E-state index contributed by atoms with van der Waals surface area (Å²) < 4.78 is 5.71. The first-order valence-electron chi connectivity index (χ1n) is 9.20. The van der Waals surface area contributed by atoms with Crippen molar-refractivity contribution >= 4 is 35.0 Å². The third-order valence-corrected chi connectivity index (χ3v) is 5.19. The molecule has 5 nitrogen and oxygen atoms in total. The van der Waals surface area contributed by atoms with Crippen LogP contribution in [-0.4, -0.2) is 41.9 Å². The van der Waals surface area contributed by atoms with Crippen molar-refractivity contribution in [1.82, 2.24) is 10.2 Å². The molecule has 148 valence electrons. The van der Waals surface area contributed by atoms with Crippen LogP contribution in [0, 0.1) is 0 Å². The van der Waals surface area contributed by atoms with Crippen LogP contribution >= 0.6 is 23.2 Å². The van der Waals surface area contributed by atoms with Gasteiger partial charge in [0, 0.05) is 34.7 Å². The topological polar surface area (TPSA) is 58.6 Å². The minimum Gasteiger partial charge on any atom is -0.481 e. The highest BCUT2D eigenvalue weighted by molar-refractivity contribution is 6.31. The molecule has 0 aromatic heterocycles. The van der Waals surface area contributed by atoms with Crippen LogP contribution in [0.5, 0.6) is 5.75 Å². The molecule has 7 heteroatoms. The standard InChI is InChI=1S/C21H22Cl2N2O3/c1-14(28-19-7-5-16(22)6-8-19)21(27)25-11-9-18(10-12-25)24-20(26)15-3-2-4-17(23)13-15/h2-8,13-14,18H,9-12H2,1H3,(H,24,26). The van der Waals surface area contributed by atoms with Gasteiger partial charge in [-0.3, -0.25) is 9.59 Å². The second-order valence-corrected chi connectivity index (χ2v) is 7.67. The van der Waals surface area contributed by atoms with Crippen molar-refractivity contribution in [2.45, 2.75) is 31.9 Å². The number of likely N-dealkylation sites (tertiary alicyclic amines) is 1. The highest BCUT2D eigenvalue weighted by Crippen LogP contribution is 2.19. The van der Waals surface area contributed by atoms with Gasteiger partial charge in [0.15, 0.2) is 6.10 Å². The second kappa shape index (κ2) is 9.30. The molecule has 1 N–H and O–H groups in total. The SMILES string of the molecule is CC(Oc1ccc(Cl)cc1)C(=O)N1CCC(NC(=O)c2cccc(Cl)c2)CC1. The van der Waals surface area contributed by atoms with E-state index in [0.717, 1.165) is 0 Å². The van der Waals surface area contributed by atoms with Crippen LogP contribution in [0.15, 0.2) is 48.5 Å². The Kier molecular flexibility index (Phi) is 6.81. The third kappa shape index (κ3) is 5.40. The number of hydrogen-bond acceptors (Lipinski definition) is 3. The monoisotopic (exact) mass is 420 g/mol. The first kappa shape index (κ1) is 20.5. The summed E-state index contributed by atoms with van der Waals surface area (Å²) in [6.45, 7) is 2.89. The number of carbonyl (C=O) groups excluding carboxylic acids is 2. The van der Waals surface area contributed by atoms with Crippen molar-refractivity contribution in [1.29, 1.82) is 0 Å². The molecule has 1 aliphatic heterocycles. The number of piperidine rings is 1. The lowest BCUT2D eigenvalue weighted by molar-refractivity contribution is -0.139. The highest BCUT2D eigenvalue weighted by atomic mass is 35.5. The van der Waals surface area contributed by atoms with Crippen LogP contribution in [0.4, 0.5) is 0 Å². The zero-order valence-electron chi connectivity index (χ0n) is 15.5. The third-order valence-electron chi connectivity index (χ3n) is 4.70. The molecule has 3 rings (SSSR count). The Balaban J connectivity index is 1.48. The molecule has 2 aromatic carbocycles. The molecule has 1 fully saturated rings. The molecule has 1 atom stereocenters. The van der Waals surface area contributed by atoms with E-state index in [1.165, 1.54) is 0 Å². The normalized spacial score (nSPS) is 15.8. The fourth-order valence-electron chi connectivity index (χ4n) is 3.17. The fraction of sp³-hybridized carbons (Fsp3) is 0.333. The predicted octanol–water partition coefficient (Wildman–Crippen LogP) is 4.18. The minimum atomic E-state index is -0.584. The van der Waals surface area contributed by atoms with E-state index in [2.05, 4.69) is 5.32 Å². The van der Waals surface area contributed by atoms with Gasteiger partial charge in [0.2, 0.25) is 0 Å². The molecule has 2 aromatic rings. The lowest BCUT2D eigenvalue weighted by atomic mass is 10.0. The van der Waals surface area contributed by atoms with Crippen LogP contribution in [-0.2, 0) is 4.79 Å². The summed E-state index contributed by atoms with van der Waals surface area (Å²) in [4.78, 5) is 26.7. The summed E-state index contributed by atoms with van der Waals surface area (Å²) in [6, 6.07) is 13.8. The predicted molar refractivity (Wildman–Crippen MR) is 110 cm³/mol. The molecule has 0 saturated carbocycles. The maximum Gasteiger partial charge on any atom is 0.263 e. The van der Waals surface area contributed by atoms with Gasteiger partial charge in [-0.1, -0.05) is 29.3 Å². The van der Waals surface area contributed by atoms with E-state index in [-0.39, 0.29) is 17.9 Å². The molecule has 2 amide bonds. The Morgan fingerprint density at radius 3 is 2.39 bits per heavy atom. The molecule has 0 aliphatic carbocycles. The average Bonchev–Trinajstić information content (AvgIpc) is 2.69. The van der Waals surface area contributed by atoms with E-state index < -0.39 is 6.10 Å².